The highest BCUT2D eigenvalue weighted by molar-refractivity contribution is 7.89. The molecule has 0 spiro atoms. The summed E-state index contributed by atoms with van der Waals surface area (Å²) in [6, 6.07) is 3.60. The molecular formula is C12H20ClNO3S. The molecule has 2 unspecified atom stereocenters. The second-order valence-corrected chi connectivity index (χ2v) is 6.78. The van der Waals surface area contributed by atoms with Gasteiger partial charge in [-0.15, -0.1) is 11.6 Å². The quantitative estimate of drug-likeness (QED) is 0.749. The molecule has 1 aromatic heterocycles. The van der Waals surface area contributed by atoms with E-state index in [0.29, 0.717) is 12.3 Å². The minimum atomic E-state index is -3.25. The van der Waals surface area contributed by atoms with Crippen molar-refractivity contribution < 1.29 is 12.8 Å². The fourth-order valence-electron chi connectivity index (χ4n) is 1.65. The van der Waals surface area contributed by atoms with Crippen LogP contribution < -0.4 is 4.72 Å². The average molecular weight is 294 g/mol. The maximum Gasteiger partial charge on any atom is 0.212 e. The summed E-state index contributed by atoms with van der Waals surface area (Å²) in [7, 11) is -3.25. The summed E-state index contributed by atoms with van der Waals surface area (Å²) >= 11 is 5.62. The van der Waals surface area contributed by atoms with Gasteiger partial charge in [0.05, 0.1) is 12.0 Å². The highest BCUT2D eigenvalue weighted by atomic mass is 35.5. The molecule has 0 fully saturated rings. The summed E-state index contributed by atoms with van der Waals surface area (Å²) in [5.41, 5.74) is 0. The molecule has 0 aliphatic rings. The van der Waals surface area contributed by atoms with Gasteiger partial charge in [-0.2, -0.15) is 0 Å². The maximum absolute atomic E-state index is 11.8. The third-order valence-corrected chi connectivity index (χ3v) is 4.85. The molecule has 4 nitrogen and oxygen atoms in total. The average Bonchev–Trinajstić information content (AvgIpc) is 2.77. The zero-order valence-electron chi connectivity index (χ0n) is 10.7. The molecule has 6 heteroatoms. The van der Waals surface area contributed by atoms with Crippen molar-refractivity contribution >= 4 is 21.6 Å². The molecule has 0 aromatic carbocycles. The summed E-state index contributed by atoms with van der Waals surface area (Å²) in [5.74, 6) is 1.25. The third-order valence-electron chi connectivity index (χ3n) is 2.55. The standard InChI is InChI=1S/C12H20ClNO3S/c1-10(8-13)9-18(15,16)14-11(2)5-6-12-4-3-7-17-12/h3-4,7,10-11,14H,5-6,8-9H2,1-2H3. The predicted octanol–water partition coefficient (Wildman–Crippen LogP) is 2.40. The van der Waals surface area contributed by atoms with Gasteiger partial charge in [-0.1, -0.05) is 6.92 Å². The molecule has 1 heterocycles. The number of hydrogen-bond donors (Lipinski definition) is 1. The van der Waals surface area contributed by atoms with Crippen molar-refractivity contribution in [2.24, 2.45) is 5.92 Å². The highest BCUT2D eigenvalue weighted by Crippen LogP contribution is 2.08. The van der Waals surface area contributed by atoms with E-state index in [4.69, 9.17) is 16.0 Å². The lowest BCUT2D eigenvalue weighted by atomic mass is 10.2. The van der Waals surface area contributed by atoms with Crippen molar-refractivity contribution in [1.29, 1.82) is 0 Å². The Hall–Kier alpha value is -0.520. The van der Waals surface area contributed by atoms with Crippen LogP contribution in [0.1, 0.15) is 26.0 Å². The molecule has 0 saturated carbocycles. The Kier molecular flexibility index (Phi) is 6.18. The molecule has 1 aromatic rings. The van der Waals surface area contributed by atoms with Crippen LogP contribution in [0.4, 0.5) is 0 Å². The van der Waals surface area contributed by atoms with Gasteiger partial charge in [0.15, 0.2) is 0 Å². The topological polar surface area (TPSA) is 59.3 Å². The maximum atomic E-state index is 11.8. The molecular weight excluding hydrogens is 274 g/mol. The minimum absolute atomic E-state index is 0.0403. The molecule has 0 aliphatic carbocycles. The zero-order chi connectivity index (χ0) is 13.6. The van der Waals surface area contributed by atoms with Gasteiger partial charge in [0.25, 0.3) is 0 Å². The highest BCUT2D eigenvalue weighted by Gasteiger charge is 2.17. The Bertz CT molecular complexity index is 430. The molecule has 104 valence electrons. The van der Waals surface area contributed by atoms with Crippen LogP contribution in [0.25, 0.3) is 0 Å². The van der Waals surface area contributed by atoms with Crippen LogP contribution in [-0.4, -0.2) is 26.1 Å². The summed E-state index contributed by atoms with van der Waals surface area (Å²) in [6.07, 6.45) is 3.05. The molecule has 0 saturated heterocycles. The number of nitrogens with one attached hydrogen (secondary N) is 1. The van der Waals surface area contributed by atoms with Gasteiger partial charge in [-0.25, -0.2) is 13.1 Å². The van der Waals surface area contributed by atoms with Gasteiger partial charge in [0.1, 0.15) is 5.76 Å². The van der Waals surface area contributed by atoms with Crippen LogP contribution in [-0.2, 0) is 16.4 Å². The Balaban J connectivity index is 2.36. The monoisotopic (exact) mass is 293 g/mol. The van der Waals surface area contributed by atoms with Crippen molar-refractivity contribution in [3.63, 3.8) is 0 Å². The van der Waals surface area contributed by atoms with E-state index in [1.54, 1.807) is 6.26 Å². The zero-order valence-corrected chi connectivity index (χ0v) is 12.3. The van der Waals surface area contributed by atoms with E-state index in [-0.39, 0.29) is 17.7 Å². The van der Waals surface area contributed by atoms with E-state index < -0.39 is 10.0 Å². The van der Waals surface area contributed by atoms with E-state index in [1.165, 1.54) is 0 Å². The number of rotatable bonds is 8. The van der Waals surface area contributed by atoms with Gasteiger partial charge >= 0.3 is 0 Å². The lowest BCUT2D eigenvalue weighted by molar-refractivity contribution is 0.479. The summed E-state index contributed by atoms with van der Waals surface area (Å²) in [5, 5.41) is 0. The number of halogens is 1. The first kappa shape index (κ1) is 15.5. The summed E-state index contributed by atoms with van der Waals surface area (Å²) < 4.78 is 31.4. The lowest BCUT2D eigenvalue weighted by Crippen LogP contribution is -2.36. The van der Waals surface area contributed by atoms with E-state index in [1.807, 2.05) is 26.0 Å². The van der Waals surface area contributed by atoms with Gasteiger partial charge in [0.2, 0.25) is 10.0 Å². The van der Waals surface area contributed by atoms with Crippen LogP contribution in [0.3, 0.4) is 0 Å². The molecule has 0 amide bonds. The Morgan fingerprint density at radius 3 is 2.72 bits per heavy atom. The largest absolute Gasteiger partial charge is 0.469 e. The van der Waals surface area contributed by atoms with Crippen molar-refractivity contribution in [3.05, 3.63) is 24.2 Å². The first-order valence-corrected chi connectivity index (χ1v) is 8.20. The first-order chi connectivity index (χ1) is 8.43. The molecule has 18 heavy (non-hydrogen) atoms. The molecule has 0 aliphatic heterocycles. The SMILES string of the molecule is CC(CCl)CS(=O)(=O)NC(C)CCc1ccco1. The van der Waals surface area contributed by atoms with Crippen molar-refractivity contribution in [3.8, 4) is 0 Å². The number of sulfonamides is 1. The predicted molar refractivity (Wildman–Crippen MR) is 73.3 cm³/mol. The van der Waals surface area contributed by atoms with Crippen molar-refractivity contribution in [1.82, 2.24) is 4.72 Å². The van der Waals surface area contributed by atoms with Gasteiger partial charge in [-0.05, 0) is 31.4 Å². The second-order valence-electron chi connectivity index (χ2n) is 4.68. The van der Waals surface area contributed by atoms with Crippen molar-refractivity contribution in [2.75, 3.05) is 11.6 Å². The molecule has 0 radical (unpaired) electrons. The number of aryl methyl sites for hydroxylation is 1. The van der Waals surface area contributed by atoms with Crippen LogP contribution in [0.2, 0.25) is 0 Å². The lowest BCUT2D eigenvalue weighted by Gasteiger charge is -2.15. The smallest absolute Gasteiger partial charge is 0.212 e. The van der Waals surface area contributed by atoms with E-state index in [9.17, 15) is 8.42 Å². The van der Waals surface area contributed by atoms with Crippen LogP contribution in [0, 0.1) is 5.92 Å². The Morgan fingerprint density at radius 2 is 2.17 bits per heavy atom. The van der Waals surface area contributed by atoms with Crippen LogP contribution in [0.15, 0.2) is 22.8 Å². The summed E-state index contributed by atoms with van der Waals surface area (Å²) in [6.45, 7) is 3.67. The van der Waals surface area contributed by atoms with Gasteiger partial charge in [-0.3, -0.25) is 0 Å². The molecule has 1 N–H and O–H groups in total. The second kappa shape index (κ2) is 7.16. The Morgan fingerprint density at radius 1 is 1.44 bits per heavy atom. The Labute approximate surface area is 114 Å². The third kappa shape index (κ3) is 5.89. The number of alkyl halides is 1. The first-order valence-electron chi connectivity index (χ1n) is 6.01. The van der Waals surface area contributed by atoms with E-state index in [2.05, 4.69) is 4.72 Å². The molecule has 2 atom stereocenters. The van der Waals surface area contributed by atoms with Crippen molar-refractivity contribution in [2.45, 2.75) is 32.7 Å². The number of furan rings is 1. The normalized spacial score (nSPS) is 15.5. The van der Waals surface area contributed by atoms with Crippen LogP contribution in [0.5, 0.6) is 0 Å². The fourth-order valence-corrected chi connectivity index (χ4v) is 3.58. The number of hydrogen-bond acceptors (Lipinski definition) is 3. The molecule has 1 rings (SSSR count). The minimum Gasteiger partial charge on any atom is -0.469 e. The van der Waals surface area contributed by atoms with Gasteiger partial charge < -0.3 is 4.42 Å². The van der Waals surface area contributed by atoms with E-state index >= 15 is 0 Å². The molecule has 0 bridgehead atoms. The van der Waals surface area contributed by atoms with E-state index in [0.717, 1.165) is 12.2 Å². The fraction of sp³-hybridized carbons (Fsp3) is 0.667. The van der Waals surface area contributed by atoms with Gasteiger partial charge in [0, 0.05) is 18.3 Å². The summed E-state index contributed by atoms with van der Waals surface area (Å²) in [4.78, 5) is 0. The van der Waals surface area contributed by atoms with Crippen LogP contribution >= 0.6 is 11.6 Å².